The van der Waals surface area contributed by atoms with Crippen molar-refractivity contribution in [3.05, 3.63) is 42.4 Å². The van der Waals surface area contributed by atoms with E-state index < -0.39 is 0 Å². The van der Waals surface area contributed by atoms with Crippen LogP contribution in [-0.2, 0) is 0 Å². The number of hydrogen-bond donors (Lipinski definition) is 1. The molecule has 2 aromatic rings. The molecule has 1 fully saturated rings. The zero-order chi connectivity index (χ0) is 12.4. The maximum Gasteiger partial charge on any atom is 0.228 e. The molecular formula is C13H15N5. The first-order valence-corrected chi connectivity index (χ1v) is 6.00. The number of nitrogens with one attached hydrogen (secondary N) is 1. The summed E-state index contributed by atoms with van der Waals surface area (Å²) in [6.07, 6.45) is 5.34. The Bertz CT molecular complexity index is 505. The van der Waals surface area contributed by atoms with Crippen molar-refractivity contribution < 1.29 is 0 Å². The Morgan fingerprint density at radius 2 is 1.94 bits per heavy atom. The van der Waals surface area contributed by atoms with Crippen molar-refractivity contribution in [1.82, 2.24) is 19.9 Å². The van der Waals surface area contributed by atoms with Gasteiger partial charge in [-0.05, 0) is 24.7 Å². The number of anilines is 2. The second-order valence-electron chi connectivity index (χ2n) is 4.59. The average Bonchev–Trinajstić information content (AvgIpc) is 2.38. The minimum atomic E-state index is 0.570. The molecule has 0 spiro atoms. The molecule has 2 aromatic heterocycles. The minimum Gasteiger partial charge on any atom is -0.309 e. The summed E-state index contributed by atoms with van der Waals surface area (Å²) in [6.45, 7) is 2.24. The van der Waals surface area contributed by atoms with Crippen molar-refractivity contribution in [1.29, 1.82) is 0 Å². The monoisotopic (exact) mass is 241 g/mol. The summed E-state index contributed by atoms with van der Waals surface area (Å²) in [5.74, 6) is 1.98. The van der Waals surface area contributed by atoms with E-state index >= 15 is 0 Å². The molecule has 0 radical (unpaired) electrons. The standard InChI is InChI=1S/C13H15N5/c1-18-8-11(9-18)10-3-4-12(16-7-10)17-13-14-5-2-6-15-13/h2-7,11H,8-9H2,1H3,(H,14,15,16,17). The van der Waals surface area contributed by atoms with Crippen LogP contribution in [0.5, 0.6) is 0 Å². The molecule has 0 unspecified atom stereocenters. The molecule has 1 aliphatic heterocycles. The number of likely N-dealkylation sites (tertiary alicyclic amines) is 1. The molecule has 3 rings (SSSR count). The molecular weight excluding hydrogens is 226 g/mol. The van der Waals surface area contributed by atoms with Crippen LogP contribution in [0.15, 0.2) is 36.8 Å². The number of pyridine rings is 1. The Hall–Kier alpha value is -2.01. The van der Waals surface area contributed by atoms with E-state index in [4.69, 9.17) is 0 Å². The van der Waals surface area contributed by atoms with E-state index in [1.54, 1.807) is 18.5 Å². The van der Waals surface area contributed by atoms with E-state index in [2.05, 4.69) is 38.3 Å². The van der Waals surface area contributed by atoms with Gasteiger partial charge in [0, 0.05) is 37.6 Å². The number of nitrogens with zero attached hydrogens (tertiary/aromatic N) is 4. The molecule has 1 N–H and O–H groups in total. The van der Waals surface area contributed by atoms with Crippen molar-refractivity contribution in [3.63, 3.8) is 0 Å². The van der Waals surface area contributed by atoms with Crippen LogP contribution in [0, 0.1) is 0 Å². The lowest BCUT2D eigenvalue weighted by molar-refractivity contribution is 0.189. The Kier molecular flexibility index (Phi) is 2.90. The molecule has 0 atom stereocenters. The average molecular weight is 241 g/mol. The molecule has 0 aliphatic carbocycles. The maximum absolute atomic E-state index is 4.39. The molecule has 92 valence electrons. The van der Waals surface area contributed by atoms with Gasteiger partial charge in [-0.3, -0.25) is 0 Å². The quantitative estimate of drug-likeness (QED) is 0.885. The van der Waals surface area contributed by atoms with Gasteiger partial charge in [-0.2, -0.15) is 0 Å². The predicted molar refractivity (Wildman–Crippen MR) is 69.8 cm³/mol. The molecule has 0 aromatic carbocycles. The van der Waals surface area contributed by atoms with Gasteiger partial charge in [-0.1, -0.05) is 6.07 Å². The first kappa shape index (κ1) is 11.1. The molecule has 5 heteroatoms. The summed E-state index contributed by atoms with van der Waals surface area (Å²) in [5.41, 5.74) is 1.30. The first-order valence-electron chi connectivity index (χ1n) is 6.00. The van der Waals surface area contributed by atoms with Gasteiger partial charge in [0.25, 0.3) is 0 Å². The number of rotatable bonds is 3. The van der Waals surface area contributed by atoms with Gasteiger partial charge >= 0.3 is 0 Å². The van der Waals surface area contributed by atoms with E-state index in [0.29, 0.717) is 11.9 Å². The number of likely N-dealkylation sites (N-methyl/N-ethyl adjacent to an activating group) is 1. The molecule has 18 heavy (non-hydrogen) atoms. The predicted octanol–water partition coefficient (Wildman–Crippen LogP) is 1.64. The highest BCUT2D eigenvalue weighted by molar-refractivity contribution is 5.47. The molecule has 3 heterocycles. The number of aromatic nitrogens is 3. The fourth-order valence-electron chi connectivity index (χ4n) is 2.11. The fourth-order valence-corrected chi connectivity index (χ4v) is 2.11. The van der Waals surface area contributed by atoms with Crippen molar-refractivity contribution in [2.45, 2.75) is 5.92 Å². The Balaban J connectivity index is 1.68. The Morgan fingerprint density at radius 1 is 1.17 bits per heavy atom. The molecule has 5 nitrogen and oxygen atoms in total. The zero-order valence-corrected chi connectivity index (χ0v) is 10.2. The Labute approximate surface area is 106 Å². The van der Waals surface area contributed by atoms with Crippen LogP contribution in [0.1, 0.15) is 11.5 Å². The highest BCUT2D eigenvalue weighted by atomic mass is 15.2. The second kappa shape index (κ2) is 4.70. The number of hydrogen-bond acceptors (Lipinski definition) is 5. The van der Waals surface area contributed by atoms with E-state index in [9.17, 15) is 0 Å². The third kappa shape index (κ3) is 2.31. The van der Waals surface area contributed by atoms with Gasteiger partial charge in [-0.15, -0.1) is 0 Å². The molecule has 0 amide bonds. The second-order valence-corrected chi connectivity index (χ2v) is 4.59. The smallest absolute Gasteiger partial charge is 0.228 e. The van der Waals surface area contributed by atoms with Gasteiger partial charge in [0.15, 0.2) is 0 Å². The van der Waals surface area contributed by atoms with Crippen LogP contribution in [0.25, 0.3) is 0 Å². The summed E-state index contributed by atoms with van der Waals surface area (Å²) < 4.78 is 0. The first-order chi connectivity index (χ1) is 8.81. The summed E-state index contributed by atoms with van der Waals surface area (Å²) in [4.78, 5) is 14.9. The van der Waals surface area contributed by atoms with Gasteiger partial charge in [0.2, 0.25) is 5.95 Å². The van der Waals surface area contributed by atoms with E-state index in [0.717, 1.165) is 18.9 Å². The highest BCUT2D eigenvalue weighted by Gasteiger charge is 2.24. The topological polar surface area (TPSA) is 53.9 Å². The molecule has 1 saturated heterocycles. The minimum absolute atomic E-state index is 0.570. The fraction of sp³-hybridized carbons (Fsp3) is 0.308. The van der Waals surface area contributed by atoms with E-state index in [1.165, 1.54) is 5.56 Å². The SMILES string of the molecule is CN1CC(c2ccc(Nc3ncccn3)nc2)C1. The van der Waals surface area contributed by atoms with Crippen LogP contribution in [0.2, 0.25) is 0 Å². The molecule has 0 saturated carbocycles. The Morgan fingerprint density at radius 3 is 2.56 bits per heavy atom. The van der Waals surface area contributed by atoms with Gasteiger partial charge in [0.05, 0.1) is 0 Å². The van der Waals surface area contributed by atoms with E-state index in [-0.39, 0.29) is 0 Å². The lowest BCUT2D eigenvalue weighted by Gasteiger charge is -2.36. The van der Waals surface area contributed by atoms with Crippen LogP contribution in [0.3, 0.4) is 0 Å². The summed E-state index contributed by atoms with van der Waals surface area (Å²) in [5, 5.41) is 3.07. The van der Waals surface area contributed by atoms with Crippen LogP contribution in [-0.4, -0.2) is 40.0 Å². The lowest BCUT2D eigenvalue weighted by Crippen LogP contribution is -2.41. The summed E-state index contributed by atoms with van der Waals surface area (Å²) in [7, 11) is 2.13. The van der Waals surface area contributed by atoms with Crippen LogP contribution >= 0.6 is 0 Å². The third-order valence-electron chi connectivity index (χ3n) is 3.13. The normalized spacial score (nSPS) is 16.3. The lowest BCUT2D eigenvalue weighted by atomic mass is 9.93. The largest absolute Gasteiger partial charge is 0.309 e. The van der Waals surface area contributed by atoms with Crippen molar-refractivity contribution in [2.75, 3.05) is 25.5 Å². The van der Waals surface area contributed by atoms with Crippen molar-refractivity contribution in [3.8, 4) is 0 Å². The van der Waals surface area contributed by atoms with Crippen molar-refractivity contribution >= 4 is 11.8 Å². The van der Waals surface area contributed by atoms with E-state index in [1.807, 2.05) is 12.3 Å². The summed E-state index contributed by atoms with van der Waals surface area (Å²) in [6, 6.07) is 5.88. The van der Waals surface area contributed by atoms with Crippen LogP contribution in [0.4, 0.5) is 11.8 Å². The van der Waals surface area contributed by atoms with Crippen LogP contribution < -0.4 is 5.32 Å². The highest BCUT2D eigenvalue weighted by Crippen LogP contribution is 2.25. The van der Waals surface area contributed by atoms with Gasteiger partial charge < -0.3 is 10.2 Å². The van der Waals surface area contributed by atoms with Crippen molar-refractivity contribution in [2.24, 2.45) is 0 Å². The summed E-state index contributed by atoms with van der Waals surface area (Å²) >= 11 is 0. The third-order valence-corrected chi connectivity index (χ3v) is 3.13. The maximum atomic E-state index is 4.39. The van der Waals surface area contributed by atoms with Gasteiger partial charge in [0.1, 0.15) is 5.82 Å². The van der Waals surface area contributed by atoms with Gasteiger partial charge in [-0.25, -0.2) is 15.0 Å². The molecule has 1 aliphatic rings. The zero-order valence-electron chi connectivity index (χ0n) is 10.2. The molecule has 0 bridgehead atoms.